The van der Waals surface area contributed by atoms with Gasteiger partial charge in [0.15, 0.2) is 5.76 Å². The lowest BCUT2D eigenvalue weighted by Gasteiger charge is -2.21. The van der Waals surface area contributed by atoms with E-state index in [1.807, 2.05) is 72.8 Å². The number of phenols is 1. The number of benzene rings is 3. The molecule has 3 aromatic carbocycles. The van der Waals surface area contributed by atoms with Crippen LogP contribution in [0, 0.1) is 0 Å². The van der Waals surface area contributed by atoms with Crippen LogP contribution in [-0.4, -0.2) is 15.4 Å². The van der Waals surface area contributed by atoms with Crippen molar-refractivity contribution in [1.82, 2.24) is 5.16 Å². The lowest BCUT2D eigenvalue weighted by atomic mass is 9.85. The normalized spacial score (nSPS) is 15.8. The van der Waals surface area contributed by atoms with Crippen LogP contribution in [0.3, 0.4) is 0 Å². The number of aromatic hydroxyl groups is 1. The van der Waals surface area contributed by atoms with Crippen molar-refractivity contribution >= 4 is 0 Å². The number of hydrogen-bond acceptors (Lipinski definition) is 4. The Morgan fingerprint density at radius 1 is 0.793 bits per heavy atom. The molecule has 4 heteroatoms. The van der Waals surface area contributed by atoms with Gasteiger partial charge >= 0.3 is 0 Å². The number of phenolic OH excluding ortho intramolecular Hbond substituents is 1. The smallest absolute Gasteiger partial charge is 0.154 e. The van der Waals surface area contributed by atoms with Crippen molar-refractivity contribution in [1.29, 1.82) is 0 Å². The molecule has 0 spiro atoms. The van der Waals surface area contributed by atoms with Gasteiger partial charge < -0.3 is 14.7 Å². The van der Waals surface area contributed by atoms with E-state index in [-0.39, 0.29) is 5.75 Å². The van der Waals surface area contributed by atoms with Crippen molar-refractivity contribution in [3.8, 4) is 28.1 Å². The van der Waals surface area contributed by atoms with Crippen molar-refractivity contribution in [3.05, 3.63) is 96.3 Å². The molecule has 5 rings (SSSR count). The van der Waals surface area contributed by atoms with E-state index < -0.39 is 11.5 Å². The maximum Gasteiger partial charge on any atom is 0.154 e. The summed E-state index contributed by atoms with van der Waals surface area (Å²) in [5, 5.41) is 25.3. The highest BCUT2D eigenvalue weighted by Gasteiger charge is 2.55. The largest absolute Gasteiger partial charge is 0.508 e. The molecule has 1 heterocycles. The first kappa shape index (κ1) is 17.7. The van der Waals surface area contributed by atoms with Gasteiger partial charge in [0.1, 0.15) is 11.4 Å². The highest BCUT2D eigenvalue weighted by atomic mass is 16.5. The Kier molecular flexibility index (Phi) is 4.22. The number of nitrogens with zero attached hydrogens (tertiary/aromatic N) is 1. The van der Waals surface area contributed by atoms with E-state index in [2.05, 4.69) is 5.16 Å². The van der Waals surface area contributed by atoms with Crippen LogP contribution in [0.1, 0.15) is 30.3 Å². The van der Waals surface area contributed by atoms with Crippen LogP contribution in [-0.2, 0) is 5.41 Å². The Morgan fingerprint density at radius 2 is 1.41 bits per heavy atom. The average molecular weight is 383 g/mol. The molecule has 144 valence electrons. The molecule has 1 saturated carbocycles. The van der Waals surface area contributed by atoms with Gasteiger partial charge in [0.25, 0.3) is 0 Å². The number of aliphatic hydroxyl groups excluding tert-OH is 1. The molecule has 0 amide bonds. The molecule has 4 nitrogen and oxygen atoms in total. The summed E-state index contributed by atoms with van der Waals surface area (Å²) in [6.07, 6.45) is 1.02. The van der Waals surface area contributed by atoms with Gasteiger partial charge in [-0.05, 0) is 48.2 Å². The van der Waals surface area contributed by atoms with Gasteiger partial charge in [-0.15, -0.1) is 0 Å². The van der Waals surface area contributed by atoms with Crippen LogP contribution in [0.2, 0.25) is 0 Å². The highest BCUT2D eigenvalue weighted by Crippen LogP contribution is 2.59. The molecule has 4 aromatic rings. The van der Waals surface area contributed by atoms with Crippen LogP contribution >= 0.6 is 0 Å². The molecule has 1 aliphatic carbocycles. The summed E-state index contributed by atoms with van der Waals surface area (Å²) in [4.78, 5) is 0. The van der Waals surface area contributed by atoms with E-state index >= 15 is 0 Å². The first-order valence-electron chi connectivity index (χ1n) is 9.77. The van der Waals surface area contributed by atoms with Gasteiger partial charge in [0.2, 0.25) is 0 Å². The average Bonchev–Trinajstić information content (AvgIpc) is 3.46. The number of aromatic nitrogens is 1. The third-order valence-corrected chi connectivity index (χ3v) is 5.77. The zero-order valence-corrected chi connectivity index (χ0v) is 15.8. The Hall–Kier alpha value is -3.37. The predicted octanol–water partition coefficient (Wildman–Crippen LogP) is 5.48. The second-order valence-corrected chi connectivity index (χ2v) is 7.62. The maximum absolute atomic E-state index is 11.2. The van der Waals surface area contributed by atoms with Crippen molar-refractivity contribution in [2.75, 3.05) is 0 Å². The quantitative estimate of drug-likeness (QED) is 0.479. The fourth-order valence-electron chi connectivity index (χ4n) is 4.03. The number of aliphatic hydroxyl groups is 1. The van der Waals surface area contributed by atoms with Crippen molar-refractivity contribution < 1.29 is 14.7 Å². The maximum atomic E-state index is 11.2. The Labute approximate surface area is 169 Å². The molecule has 0 radical (unpaired) electrons. The molecule has 1 fully saturated rings. The van der Waals surface area contributed by atoms with E-state index in [1.165, 1.54) is 0 Å². The molecular formula is C25H21NO3. The van der Waals surface area contributed by atoms with E-state index in [1.54, 1.807) is 12.1 Å². The predicted molar refractivity (Wildman–Crippen MR) is 111 cm³/mol. The van der Waals surface area contributed by atoms with E-state index in [0.29, 0.717) is 0 Å². The second-order valence-electron chi connectivity index (χ2n) is 7.62. The minimum atomic E-state index is -0.660. The lowest BCUT2D eigenvalue weighted by molar-refractivity contribution is 0.117. The van der Waals surface area contributed by atoms with Gasteiger partial charge in [-0.2, -0.15) is 0 Å². The summed E-state index contributed by atoms with van der Waals surface area (Å²) >= 11 is 0. The van der Waals surface area contributed by atoms with Crippen molar-refractivity contribution in [2.24, 2.45) is 0 Å². The van der Waals surface area contributed by atoms with E-state index in [0.717, 1.165) is 46.5 Å². The number of rotatable bonds is 5. The van der Waals surface area contributed by atoms with Gasteiger partial charge in [-0.1, -0.05) is 65.8 Å². The monoisotopic (exact) mass is 383 g/mol. The third kappa shape index (κ3) is 3.02. The number of hydrogen-bond donors (Lipinski definition) is 2. The zero-order chi connectivity index (χ0) is 19.8. The van der Waals surface area contributed by atoms with Crippen molar-refractivity contribution in [3.63, 3.8) is 0 Å². The van der Waals surface area contributed by atoms with Crippen LogP contribution in [0.5, 0.6) is 5.75 Å². The molecule has 29 heavy (non-hydrogen) atoms. The van der Waals surface area contributed by atoms with Crippen LogP contribution < -0.4 is 0 Å². The lowest BCUT2D eigenvalue weighted by Crippen LogP contribution is -2.18. The fraction of sp³-hybridized carbons (Fsp3) is 0.160. The molecule has 1 atom stereocenters. The topological polar surface area (TPSA) is 66.5 Å². The summed E-state index contributed by atoms with van der Waals surface area (Å²) in [5.74, 6) is 0.931. The van der Waals surface area contributed by atoms with Crippen LogP contribution in [0.4, 0.5) is 0 Å². The van der Waals surface area contributed by atoms with Crippen molar-refractivity contribution in [2.45, 2.75) is 24.4 Å². The first-order valence-corrected chi connectivity index (χ1v) is 9.77. The van der Waals surface area contributed by atoms with Gasteiger partial charge in [0, 0.05) is 5.56 Å². The van der Waals surface area contributed by atoms with E-state index in [4.69, 9.17) is 4.52 Å². The summed E-state index contributed by atoms with van der Waals surface area (Å²) < 4.78 is 5.93. The minimum absolute atomic E-state index is 0.205. The fourth-order valence-corrected chi connectivity index (χ4v) is 4.03. The summed E-state index contributed by atoms with van der Waals surface area (Å²) in [5.41, 5.74) is 3.89. The standard InChI is InChI=1S/C25H21NO3/c27-20-13-11-18(12-14-20)22-21(17-7-3-1-4-8-17)24(29-26-22)25(15-16-25)23(28)19-9-5-2-6-10-19/h1-14,23,27-28H,15-16H2. The SMILES string of the molecule is Oc1ccc(-c2noc(C3(C(O)c4ccccc4)CC3)c2-c2ccccc2)cc1. The Bertz CT molecular complexity index is 1110. The minimum Gasteiger partial charge on any atom is -0.508 e. The summed E-state index contributed by atoms with van der Waals surface area (Å²) in [6.45, 7) is 0. The molecule has 0 aliphatic heterocycles. The molecule has 2 N–H and O–H groups in total. The molecule has 0 saturated heterocycles. The Balaban J connectivity index is 1.67. The van der Waals surface area contributed by atoms with E-state index in [9.17, 15) is 10.2 Å². The summed E-state index contributed by atoms with van der Waals surface area (Å²) in [7, 11) is 0. The second kappa shape index (κ2) is 6.90. The molecule has 0 bridgehead atoms. The van der Waals surface area contributed by atoms with Gasteiger partial charge in [0.05, 0.1) is 17.1 Å². The molecular weight excluding hydrogens is 362 g/mol. The summed E-state index contributed by atoms with van der Waals surface area (Å²) in [6, 6.07) is 26.7. The van der Waals surface area contributed by atoms with Crippen LogP contribution in [0.25, 0.3) is 22.4 Å². The molecule has 1 unspecified atom stereocenters. The van der Waals surface area contributed by atoms with Gasteiger partial charge in [-0.25, -0.2) is 0 Å². The zero-order valence-electron chi connectivity index (χ0n) is 15.8. The van der Waals surface area contributed by atoms with Gasteiger partial charge in [-0.3, -0.25) is 0 Å². The van der Waals surface area contributed by atoms with Crippen LogP contribution in [0.15, 0.2) is 89.5 Å². The first-order chi connectivity index (χ1) is 14.2. The third-order valence-electron chi connectivity index (χ3n) is 5.77. The molecule has 1 aliphatic rings. The highest BCUT2D eigenvalue weighted by molar-refractivity contribution is 5.83. The molecule has 1 aromatic heterocycles. The Morgan fingerprint density at radius 3 is 2.03 bits per heavy atom.